The summed E-state index contributed by atoms with van der Waals surface area (Å²) in [4.78, 5) is 44.1. The Labute approximate surface area is 210 Å². The number of pyridine rings is 1. The van der Waals surface area contributed by atoms with E-state index in [0.717, 1.165) is 17.3 Å². The molecule has 34 heavy (non-hydrogen) atoms. The lowest BCUT2D eigenvalue weighted by molar-refractivity contribution is -0.152. The number of benzene rings is 1. The van der Waals surface area contributed by atoms with Crippen LogP contribution < -0.4 is 16.4 Å². The minimum atomic E-state index is -1.28. The van der Waals surface area contributed by atoms with Gasteiger partial charge in [0.1, 0.15) is 16.2 Å². The highest BCUT2D eigenvalue weighted by Gasteiger charge is 2.58. The van der Waals surface area contributed by atoms with Crippen molar-refractivity contribution in [2.45, 2.75) is 34.4 Å². The second kappa shape index (κ2) is 9.80. The fourth-order valence-corrected chi connectivity index (χ4v) is 6.98. The van der Waals surface area contributed by atoms with E-state index < -0.39 is 16.8 Å². The second-order valence-corrected chi connectivity index (χ2v) is 11.0. The predicted molar refractivity (Wildman–Crippen MR) is 136 cm³/mol. The molecule has 0 radical (unpaired) electrons. The zero-order chi connectivity index (χ0) is 24.5. The number of carboxylic acids is 1. The largest absolute Gasteiger partial charge is 0.480 e. The normalized spacial score (nSPS) is 23.4. The maximum atomic E-state index is 12.9. The molecular weight excluding hydrogens is 494 g/mol. The number of amides is 2. The van der Waals surface area contributed by atoms with Gasteiger partial charge in [0.05, 0.1) is 17.8 Å². The van der Waals surface area contributed by atoms with Gasteiger partial charge in [-0.1, -0.05) is 30.3 Å². The van der Waals surface area contributed by atoms with Crippen LogP contribution in [0, 0.1) is 6.92 Å². The highest BCUT2D eigenvalue weighted by atomic mass is 32.2. The summed E-state index contributed by atoms with van der Waals surface area (Å²) in [6.07, 6.45) is 1.76. The van der Waals surface area contributed by atoms with E-state index in [0.29, 0.717) is 16.3 Å². The van der Waals surface area contributed by atoms with E-state index in [1.54, 1.807) is 19.2 Å². The number of thiocarbonyl (C=S) groups is 1. The van der Waals surface area contributed by atoms with Gasteiger partial charge in [-0.3, -0.25) is 19.4 Å². The molecule has 3 heterocycles. The van der Waals surface area contributed by atoms with Crippen LogP contribution in [0.4, 0.5) is 5.69 Å². The standard InChI is InChI=1S/C22H23N5O4S3/c1-12-16(26-21(23)32)14(7-8-24-12)34-22(20(30)31)10-27-18(29)17(19(27)33-11-22)25-15(28)9-13-5-3-2-4-6-13/h2-8,17,19H,9-11H2,1H3,(H,25,28)(H,30,31)(H3,23,26,32)/t17-,19-,22?/m1/s1. The van der Waals surface area contributed by atoms with Crippen LogP contribution in [0.3, 0.4) is 0 Å². The van der Waals surface area contributed by atoms with E-state index in [1.807, 2.05) is 30.3 Å². The molecule has 3 atom stereocenters. The summed E-state index contributed by atoms with van der Waals surface area (Å²) < 4.78 is -1.28. The molecule has 4 rings (SSSR count). The highest BCUT2D eigenvalue weighted by Crippen LogP contribution is 2.48. The predicted octanol–water partition coefficient (Wildman–Crippen LogP) is 1.60. The third kappa shape index (κ3) is 4.84. The minimum Gasteiger partial charge on any atom is -0.480 e. The van der Waals surface area contributed by atoms with Gasteiger partial charge in [-0.2, -0.15) is 0 Å². The number of fused-ring (bicyclic) bond motifs is 1. The number of β-lactam (4-membered cyclic amide) rings is 1. The first kappa shape index (κ1) is 24.3. The monoisotopic (exact) mass is 517 g/mol. The summed E-state index contributed by atoms with van der Waals surface area (Å²) in [5, 5.41) is 15.6. The second-order valence-electron chi connectivity index (χ2n) is 8.04. The summed E-state index contributed by atoms with van der Waals surface area (Å²) in [5.74, 6) is -1.30. The van der Waals surface area contributed by atoms with Crippen molar-refractivity contribution in [3.05, 3.63) is 53.9 Å². The SMILES string of the molecule is Cc1nccc(SC2(C(=O)O)CS[C@@H]3[C@H](NC(=O)Cc4ccccc4)C(=O)N3C2)c1NC(N)=S. The van der Waals surface area contributed by atoms with Crippen LogP contribution in [0.1, 0.15) is 11.3 Å². The Morgan fingerprint density at radius 2 is 2.09 bits per heavy atom. The smallest absolute Gasteiger partial charge is 0.322 e. The fraction of sp³-hybridized carbons (Fsp3) is 0.318. The minimum absolute atomic E-state index is 0.0163. The molecule has 12 heteroatoms. The molecule has 0 saturated carbocycles. The van der Waals surface area contributed by atoms with Crippen LogP contribution in [0.5, 0.6) is 0 Å². The van der Waals surface area contributed by atoms with Gasteiger partial charge >= 0.3 is 5.97 Å². The van der Waals surface area contributed by atoms with Crippen molar-refractivity contribution in [2.24, 2.45) is 5.73 Å². The molecule has 0 spiro atoms. The summed E-state index contributed by atoms with van der Waals surface area (Å²) >= 11 is 7.45. The van der Waals surface area contributed by atoms with Crippen molar-refractivity contribution in [3.63, 3.8) is 0 Å². The zero-order valence-corrected chi connectivity index (χ0v) is 20.6. The van der Waals surface area contributed by atoms with E-state index in [-0.39, 0.29) is 41.0 Å². The Morgan fingerprint density at radius 1 is 1.35 bits per heavy atom. The molecule has 2 aromatic rings. The lowest BCUT2D eigenvalue weighted by Gasteiger charge is -2.53. The Bertz CT molecular complexity index is 1150. The first-order valence-corrected chi connectivity index (χ1v) is 12.7. The van der Waals surface area contributed by atoms with E-state index >= 15 is 0 Å². The lowest BCUT2D eigenvalue weighted by Crippen LogP contribution is -2.74. The van der Waals surface area contributed by atoms with Crippen molar-refractivity contribution >= 4 is 64.3 Å². The number of nitrogens with zero attached hydrogens (tertiary/aromatic N) is 2. The molecule has 0 bridgehead atoms. The average molecular weight is 518 g/mol. The van der Waals surface area contributed by atoms with Crippen molar-refractivity contribution in [3.8, 4) is 0 Å². The number of hydrogen-bond donors (Lipinski definition) is 4. The maximum absolute atomic E-state index is 12.9. The van der Waals surface area contributed by atoms with Crippen LogP contribution >= 0.6 is 35.7 Å². The molecule has 9 nitrogen and oxygen atoms in total. The summed E-state index contributed by atoms with van der Waals surface area (Å²) in [6.45, 7) is 1.79. The van der Waals surface area contributed by atoms with E-state index in [1.165, 1.54) is 16.7 Å². The summed E-state index contributed by atoms with van der Waals surface area (Å²) in [7, 11) is 0. The number of hydrogen-bond acceptors (Lipinski definition) is 7. The molecule has 5 N–H and O–H groups in total. The van der Waals surface area contributed by atoms with Gasteiger partial charge in [-0.05, 0) is 30.8 Å². The van der Waals surface area contributed by atoms with Gasteiger partial charge in [0.15, 0.2) is 5.11 Å². The molecule has 1 aromatic carbocycles. The van der Waals surface area contributed by atoms with E-state index in [9.17, 15) is 19.5 Å². The number of carboxylic acid groups (broad SMARTS) is 1. The molecular formula is C22H23N5O4S3. The zero-order valence-electron chi connectivity index (χ0n) is 18.2. The molecule has 1 unspecified atom stereocenters. The number of aromatic nitrogens is 1. The number of anilines is 1. The number of nitrogens with one attached hydrogen (secondary N) is 2. The third-order valence-electron chi connectivity index (χ3n) is 5.62. The van der Waals surface area contributed by atoms with Gasteiger partial charge < -0.3 is 26.4 Å². The molecule has 1 aromatic heterocycles. The Balaban J connectivity index is 1.47. The van der Waals surface area contributed by atoms with E-state index in [4.69, 9.17) is 18.0 Å². The Kier molecular flexibility index (Phi) is 7.01. The van der Waals surface area contributed by atoms with Crippen molar-refractivity contribution in [2.75, 3.05) is 17.6 Å². The molecule has 2 saturated heterocycles. The Hall–Kier alpha value is -2.83. The average Bonchev–Trinajstić information content (AvgIpc) is 2.80. The van der Waals surface area contributed by atoms with Crippen LogP contribution in [0.15, 0.2) is 47.5 Å². The highest BCUT2D eigenvalue weighted by molar-refractivity contribution is 8.05. The molecule has 2 fully saturated rings. The van der Waals surface area contributed by atoms with Crippen LogP contribution in [-0.4, -0.2) is 66.3 Å². The topological polar surface area (TPSA) is 138 Å². The maximum Gasteiger partial charge on any atom is 0.322 e. The molecule has 2 aliphatic heterocycles. The van der Waals surface area contributed by atoms with Gasteiger partial charge in [-0.15, -0.1) is 23.5 Å². The van der Waals surface area contributed by atoms with Crippen molar-refractivity contribution < 1.29 is 19.5 Å². The first-order chi connectivity index (χ1) is 16.2. The van der Waals surface area contributed by atoms with Crippen LogP contribution in [0.25, 0.3) is 0 Å². The van der Waals surface area contributed by atoms with Gasteiger partial charge in [0.25, 0.3) is 0 Å². The van der Waals surface area contributed by atoms with Crippen LogP contribution in [0.2, 0.25) is 0 Å². The molecule has 0 aliphatic carbocycles. The number of thioether (sulfide) groups is 2. The van der Waals surface area contributed by atoms with Gasteiger partial charge in [-0.25, -0.2) is 0 Å². The first-order valence-electron chi connectivity index (χ1n) is 10.4. The molecule has 2 amide bonds. The lowest BCUT2D eigenvalue weighted by atomic mass is 10.0. The van der Waals surface area contributed by atoms with E-state index in [2.05, 4.69) is 15.6 Å². The number of rotatable bonds is 7. The molecule has 2 aliphatic rings. The van der Waals surface area contributed by atoms with Crippen LogP contribution in [-0.2, 0) is 20.8 Å². The number of nitrogens with two attached hydrogens (primary N) is 1. The summed E-state index contributed by atoms with van der Waals surface area (Å²) in [6, 6.07) is 10.3. The Morgan fingerprint density at radius 3 is 2.76 bits per heavy atom. The number of carbonyl (C=O) groups excluding carboxylic acids is 2. The number of carbonyl (C=O) groups is 3. The van der Waals surface area contributed by atoms with Crippen molar-refractivity contribution in [1.29, 1.82) is 0 Å². The third-order valence-corrected chi connectivity index (χ3v) is 8.84. The molecule has 178 valence electrons. The number of aryl methyl sites for hydroxylation is 1. The number of aliphatic carboxylic acids is 1. The van der Waals surface area contributed by atoms with Crippen molar-refractivity contribution in [1.82, 2.24) is 15.2 Å². The quantitative estimate of drug-likeness (QED) is 0.316. The van der Waals surface area contributed by atoms with Gasteiger partial charge in [0, 0.05) is 23.4 Å². The van der Waals surface area contributed by atoms with Gasteiger partial charge in [0.2, 0.25) is 11.8 Å². The fourth-order valence-electron chi connectivity index (χ4n) is 3.91. The summed E-state index contributed by atoms with van der Waals surface area (Å²) in [5.41, 5.74) is 7.67.